The third-order valence-electron chi connectivity index (χ3n) is 2.79. The Morgan fingerprint density at radius 3 is 2.86 bits per heavy atom. The second-order valence-corrected chi connectivity index (χ2v) is 4.48. The van der Waals surface area contributed by atoms with Crippen molar-refractivity contribution in [3.05, 3.63) is 36.2 Å². The highest BCUT2D eigenvalue weighted by Gasteiger charge is 2.11. The second kappa shape index (κ2) is 5.19. The van der Waals surface area contributed by atoms with Crippen molar-refractivity contribution in [1.29, 1.82) is 0 Å². The minimum Gasteiger partial charge on any atom is -0.368 e. The van der Waals surface area contributed by atoms with Crippen LogP contribution < -0.4 is 10.6 Å². The predicted molar refractivity (Wildman–Crippen MR) is 74.7 cm³/mol. The molecule has 2 N–H and O–H groups in total. The molecule has 0 atom stereocenters. The smallest absolute Gasteiger partial charge is 0.224 e. The van der Waals surface area contributed by atoms with Crippen molar-refractivity contribution >= 4 is 11.8 Å². The summed E-state index contributed by atoms with van der Waals surface area (Å²) in [6.07, 6.45) is 3.46. The van der Waals surface area contributed by atoms with E-state index in [0.717, 1.165) is 0 Å². The molecule has 3 aromatic heterocycles. The molecule has 0 aliphatic rings. The lowest BCUT2D eigenvalue weighted by Gasteiger charge is -2.16. The van der Waals surface area contributed by atoms with Gasteiger partial charge in [0.1, 0.15) is 5.82 Å². The van der Waals surface area contributed by atoms with E-state index in [1.165, 1.54) is 0 Å². The first kappa shape index (κ1) is 13.0. The molecule has 0 aromatic carbocycles. The Morgan fingerprint density at radius 2 is 2.19 bits per heavy atom. The molecule has 0 unspecified atom stereocenters. The molecule has 0 bridgehead atoms. The fraction of sp³-hybridized carbons (Fsp3) is 0.250. The highest BCUT2D eigenvalue weighted by Crippen LogP contribution is 2.16. The van der Waals surface area contributed by atoms with E-state index in [1.54, 1.807) is 30.1 Å². The number of hydrogen-bond acceptors (Lipinski definition) is 8. The van der Waals surface area contributed by atoms with Gasteiger partial charge in [0.15, 0.2) is 11.6 Å². The molecule has 0 saturated carbocycles. The van der Waals surface area contributed by atoms with Crippen LogP contribution in [0.4, 0.5) is 11.8 Å². The normalized spacial score (nSPS) is 10.8. The molecule has 0 aliphatic carbocycles. The Balaban J connectivity index is 1.87. The summed E-state index contributed by atoms with van der Waals surface area (Å²) in [6.45, 7) is 2.20. The molecule has 0 amide bonds. The third-order valence-corrected chi connectivity index (χ3v) is 2.79. The van der Waals surface area contributed by atoms with E-state index >= 15 is 0 Å². The van der Waals surface area contributed by atoms with Gasteiger partial charge in [-0.1, -0.05) is 5.16 Å². The van der Waals surface area contributed by atoms with Gasteiger partial charge in [-0.3, -0.25) is 0 Å². The molecular weight excluding hydrogens is 272 g/mol. The topological polar surface area (TPSA) is 112 Å². The molecule has 0 aliphatic heterocycles. The minimum atomic E-state index is 0.175. The van der Waals surface area contributed by atoms with Crippen LogP contribution in [0.15, 0.2) is 29.0 Å². The Morgan fingerprint density at radius 1 is 1.33 bits per heavy atom. The maximum atomic E-state index is 5.76. The van der Waals surface area contributed by atoms with Gasteiger partial charge in [0.05, 0.1) is 6.54 Å². The first-order valence-electron chi connectivity index (χ1n) is 6.27. The van der Waals surface area contributed by atoms with Gasteiger partial charge >= 0.3 is 0 Å². The van der Waals surface area contributed by atoms with E-state index in [4.69, 9.17) is 10.3 Å². The van der Waals surface area contributed by atoms with Gasteiger partial charge in [0.25, 0.3) is 0 Å². The van der Waals surface area contributed by atoms with E-state index in [9.17, 15) is 0 Å². The SMILES string of the molecule is Cc1nc(CN(C)c2cc(-n3cccn3)nc(N)n2)no1. The van der Waals surface area contributed by atoms with Crippen molar-refractivity contribution in [3.63, 3.8) is 0 Å². The lowest BCUT2D eigenvalue weighted by Crippen LogP contribution is -2.20. The molecule has 9 nitrogen and oxygen atoms in total. The molecule has 21 heavy (non-hydrogen) atoms. The summed E-state index contributed by atoms with van der Waals surface area (Å²) in [5.74, 6) is 2.52. The highest BCUT2D eigenvalue weighted by atomic mass is 16.5. The number of hydrogen-bond donors (Lipinski definition) is 1. The van der Waals surface area contributed by atoms with E-state index in [0.29, 0.717) is 29.9 Å². The molecule has 3 aromatic rings. The Kier molecular flexibility index (Phi) is 3.22. The maximum Gasteiger partial charge on any atom is 0.224 e. The van der Waals surface area contributed by atoms with Crippen LogP contribution in [0.1, 0.15) is 11.7 Å². The van der Waals surface area contributed by atoms with Crippen LogP contribution in [-0.4, -0.2) is 36.9 Å². The number of aryl methyl sites for hydroxylation is 1. The van der Waals surface area contributed by atoms with Crippen molar-refractivity contribution in [3.8, 4) is 5.82 Å². The van der Waals surface area contributed by atoms with Crippen LogP contribution >= 0.6 is 0 Å². The first-order chi connectivity index (χ1) is 10.1. The number of rotatable bonds is 4. The summed E-state index contributed by atoms with van der Waals surface area (Å²) in [5.41, 5.74) is 5.76. The number of anilines is 2. The summed E-state index contributed by atoms with van der Waals surface area (Å²) in [6, 6.07) is 3.60. The monoisotopic (exact) mass is 286 g/mol. The van der Waals surface area contributed by atoms with Crippen LogP contribution in [0.5, 0.6) is 0 Å². The summed E-state index contributed by atoms with van der Waals surface area (Å²) in [5, 5.41) is 7.98. The standard InChI is InChI=1S/C12H14N8O/c1-8-15-9(18-21-8)7-19(2)10-6-11(17-12(13)16-10)20-5-3-4-14-20/h3-6H,7H2,1-2H3,(H2,13,16,17). The fourth-order valence-corrected chi connectivity index (χ4v) is 1.86. The van der Waals surface area contributed by atoms with Crippen LogP contribution in [0.3, 0.4) is 0 Å². The van der Waals surface area contributed by atoms with E-state index in [-0.39, 0.29) is 5.95 Å². The lowest BCUT2D eigenvalue weighted by molar-refractivity contribution is 0.387. The molecule has 0 saturated heterocycles. The number of nitrogens with two attached hydrogens (primary N) is 1. The molecule has 3 heterocycles. The van der Waals surface area contributed by atoms with Gasteiger partial charge in [-0.2, -0.15) is 20.1 Å². The van der Waals surface area contributed by atoms with Crippen LogP contribution in [0.2, 0.25) is 0 Å². The van der Waals surface area contributed by atoms with Crippen molar-refractivity contribution in [2.45, 2.75) is 13.5 Å². The minimum absolute atomic E-state index is 0.175. The van der Waals surface area contributed by atoms with E-state index in [1.807, 2.05) is 18.0 Å². The third kappa shape index (κ3) is 2.81. The highest BCUT2D eigenvalue weighted by molar-refractivity contribution is 5.47. The average molecular weight is 286 g/mol. The quantitative estimate of drug-likeness (QED) is 0.741. The van der Waals surface area contributed by atoms with E-state index < -0.39 is 0 Å². The first-order valence-corrected chi connectivity index (χ1v) is 6.27. The van der Waals surface area contributed by atoms with Gasteiger partial charge in [0.2, 0.25) is 11.8 Å². The van der Waals surface area contributed by atoms with Gasteiger partial charge in [0, 0.05) is 32.4 Å². The number of nitrogens with zero attached hydrogens (tertiary/aromatic N) is 7. The average Bonchev–Trinajstić information content (AvgIpc) is 3.10. The van der Waals surface area contributed by atoms with Gasteiger partial charge in [-0.05, 0) is 6.07 Å². The summed E-state index contributed by atoms with van der Waals surface area (Å²) < 4.78 is 6.57. The summed E-state index contributed by atoms with van der Waals surface area (Å²) in [4.78, 5) is 14.4. The zero-order valence-electron chi connectivity index (χ0n) is 11.6. The predicted octanol–water partition coefficient (Wildman–Crippen LogP) is 0.572. The molecule has 108 valence electrons. The largest absolute Gasteiger partial charge is 0.368 e. The van der Waals surface area contributed by atoms with Crippen LogP contribution in [0.25, 0.3) is 5.82 Å². The van der Waals surface area contributed by atoms with Gasteiger partial charge < -0.3 is 15.2 Å². The van der Waals surface area contributed by atoms with E-state index in [2.05, 4.69) is 25.2 Å². The van der Waals surface area contributed by atoms with Crippen LogP contribution in [0, 0.1) is 6.92 Å². The van der Waals surface area contributed by atoms with Gasteiger partial charge in [-0.15, -0.1) is 0 Å². The molecule has 3 rings (SSSR count). The molecule has 0 fully saturated rings. The summed E-state index contributed by atoms with van der Waals surface area (Å²) in [7, 11) is 1.86. The Bertz CT molecular complexity index is 736. The lowest BCUT2D eigenvalue weighted by atomic mass is 10.4. The summed E-state index contributed by atoms with van der Waals surface area (Å²) >= 11 is 0. The van der Waals surface area contributed by atoms with Crippen molar-refractivity contribution in [1.82, 2.24) is 29.9 Å². The molecule has 0 spiro atoms. The molecular formula is C12H14N8O. The fourth-order valence-electron chi connectivity index (χ4n) is 1.86. The Hall–Kier alpha value is -2.97. The molecule has 0 radical (unpaired) electrons. The van der Waals surface area contributed by atoms with Crippen molar-refractivity contribution in [2.75, 3.05) is 17.7 Å². The maximum absolute atomic E-state index is 5.76. The second-order valence-electron chi connectivity index (χ2n) is 4.48. The number of aromatic nitrogens is 6. The zero-order valence-corrected chi connectivity index (χ0v) is 11.6. The Labute approximate surface area is 120 Å². The zero-order chi connectivity index (χ0) is 14.8. The van der Waals surface area contributed by atoms with Crippen molar-refractivity contribution < 1.29 is 4.52 Å². The molecule has 9 heteroatoms. The van der Waals surface area contributed by atoms with Crippen molar-refractivity contribution in [2.24, 2.45) is 0 Å². The number of nitrogen functional groups attached to an aromatic ring is 1. The van der Waals surface area contributed by atoms with Gasteiger partial charge in [-0.25, -0.2) is 4.68 Å². The van der Waals surface area contributed by atoms with Crippen LogP contribution in [-0.2, 0) is 6.54 Å².